The molecule has 1 heterocycles. The second-order valence-electron chi connectivity index (χ2n) is 4.43. The Morgan fingerprint density at radius 1 is 0.737 bits per heavy atom. The maximum atomic E-state index is 6.51. The van der Waals surface area contributed by atoms with Crippen molar-refractivity contribution < 1.29 is 0 Å². The van der Waals surface area contributed by atoms with Crippen molar-refractivity contribution in [3.63, 3.8) is 0 Å². The molecule has 0 radical (unpaired) electrons. The molecular formula is C17H13ClS. The fourth-order valence-corrected chi connectivity index (χ4v) is 3.72. The van der Waals surface area contributed by atoms with Gasteiger partial charge in [-0.25, -0.2) is 0 Å². The molecule has 0 N–H and O–H groups in total. The van der Waals surface area contributed by atoms with Crippen molar-refractivity contribution in [3.8, 4) is 20.9 Å². The van der Waals surface area contributed by atoms with Gasteiger partial charge >= 0.3 is 0 Å². The van der Waals surface area contributed by atoms with Gasteiger partial charge in [0.1, 0.15) is 0 Å². The molecule has 3 aromatic rings. The summed E-state index contributed by atoms with van der Waals surface area (Å²) in [5.41, 5.74) is 3.58. The van der Waals surface area contributed by atoms with Crippen molar-refractivity contribution in [2.24, 2.45) is 0 Å². The summed E-state index contributed by atoms with van der Waals surface area (Å²) in [7, 11) is 0. The Morgan fingerprint density at radius 2 is 1.21 bits per heavy atom. The molecule has 19 heavy (non-hydrogen) atoms. The summed E-state index contributed by atoms with van der Waals surface area (Å²) in [6.45, 7) is 2.09. The SMILES string of the molecule is Cc1c(-c2ccccc2)sc(-c2ccccc2)c1Cl. The number of thiophene rings is 1. The molecule has 0 atom stereocenters. The van der Waals surface area contributed by atoms with E-state index >= 15 is 0 Å². The summed E-state index contributed by atoms with van der Waals surface area (Å²) < 4.78 is 0. The zero-order valence-electron chi connectivity index (χ0n) is 10.6. The molecule has 0 bridgehead atoms. The average Bonchev–Trinajstić information content (AvgIpc) is 2.77. The summed E-state index contributed by atoms with van der Waals surface area (Å²) >= 11 is 8.27. The van der Waals surface area contributed by atoms with Crippen LogP contribution in [0.5, 0.6) is 0 Å². The van der Waals surface area contributed by atoms with Crippen LogP contribution in [0, 0.1) is 6.92 Å². The molecule has 3 rings (SSSR count). The highest BCUT2D eigenvalue weighted by Gasteiger charge is 2.15. The van der Waals surface area contributed by atoms with Gasteiger partial charge in [-0.15, -0.1) is 11.3 Å². The molecule has 0 saturated heterocycles. The largest absolute Gasteiger partial charge is 0.133 e. The van der Waals surface area contributed by atoms with Crippen LogP contribution in [-0.4, -0.2) is 0 Å². The van der Waals surface area contributed by atoms with Gasteiger partial charge in [0.25, 0.3) is 0 Å². The van der Waals surface area contributed by atoms with Gasteiger partial charge in [0.15, 0.2) is 0 Å². The summed E-state index contributed by atoms with van der Waals surface area (Å²) in [6.07, 6.45) is 0. The molecule has 0 fully saturated rings. The van der Waals surface area contributed by atoms with Crippen LogP contribution in [0.2, 0.25) is 5.02 Å². The van der Waals surface area contributed by atoms with E-state index in [9.17, 15) is 0 Å². The number of hydrogen-bond donors (Lipinski definition) is 0. The minimum atomic E-state index is 0.870. The first-order valence-corrected chi connectivity index (χ1v) is 7.36. The third kappa shape index (κ3) is 2.32. The Bertz CT molecular complexity index is 624. The first-order valence-electron chi connectivity index (χ1n) is 6.17. The lowest BCUT2D eigenvalue weighted by Crippen LogP contribution is -1.75. The van der Waals surface area contributed by atoms with Gasteiger partial charge < -0.3 is 0 Å². The molecular weight excluding hydrogens is 272 g/mol. The quantitative estimate of drug-likeness (QED) is 0.538. The van der Waals surface area contributed by atoms with Gasteiger partial charge in [-0.3, -0.25) is 0 Å². The van der Waals surface area contributed by atoms with Crippen molar-refractivity contribution in [3.05, 3.63) is 71.2 Å². The summed E-state index contributed by atoms with van der Waals surface area (Å²) in [4.78, 5) is 2.41. The minimum absolute atomic E-state index is 0.870. The van der Waals surface area contributed by atoms with E-state index in [-0.39, 0.29) is 0 Å². The summed E-state index contributed by atoms with van der Waals surface area (Å²) in [6, 6.07) is 20.7. The Hall–Kier alpha value is -1.57. The molecule has 0 amide bonds. The van der Waals surface area contributed by atoms with Gasteiger partial charge in [-0.2, -0.15) is 0 Å². The van der Waals surface area contributed by atoms with Gasteiger partial charge in [0, 0.05) is 4.88 Å². The van der Waals surface area contributed by atoms with Crippen molar-refractivity contribution in [2.45, 2.75) is 6.92 Å². The first-order chi connectivity index (χ1) is 9.27. The lowest BCUT2D eigenvalue weighted by atomic mass is 10.1. The lowest BCUT2D eigenvalue weighted by molar-refractivity contribution is 1.53. The highest BCUT2D eigenvalue weighted by atomic mass is 35.5. The number of benzene rings is 2. The number of rotatable bonds is 2. The second kappa shape index (κ2) is 5.20. The topological polar surface area (TPSA) is 0 Å². The van der Waals surface area contributed by atoms with Gasteiger partial charge in [-0.05, 0) is 23.6 Å². The Morgan fingerprint density at radius 3 is 1.74 bits per heavy atom. The Balaban J connectivity index is 2.16. The first kappa shape index (κ1) is 12.5. The van der Waals surface area contributed by atoms with E-state index < -0.39 is 0 Å². The molecule has 2 aromatic carbocycles. The van der Waals surface area contributed by atoms with Crippen LogP contribution in [0.3, 0.4) is 0 Å². The molecule has 1 aromatic heterocycles. The summed E-state index contributed by atoms with van der Waals surface area (Å²) in [5, 5.41) is 0.870. The molecule has 0 saturated carbocycles. The smallest absolute Gasteiger partial charge is 0.0627 e. The van der Waals surface area contributed by atoms with Crippen LogP contribution in [0.25, 0.3) is 20.9 Å². The minimum Gasteiger partial charge on any atom is -0.133 e. The van der Waals surface area contributed by atoms with E-state index in [1.165, 1.54) is 16.0 Å². The van der Waals surface area contributed by atoms with Crippen LogP contribution in [0.15, 0.2) is 60.7 Å². The summed E-state index contributed by atoms with van der Waals surface area (Å²) in [5.74, 6) is 0. The molecule has 0 aliphatic heterocycles. The predicted molar refractivity (Wildman–Crippen MR) is 84.9 cm³/mol. The van der Waals surface area contributed by atoms with E-state index in [2.05, 4.69) is 43.3 Å². The van der Waals surface area contributed by atoms with E-state index in [1.807, 2.05) is 24.3 Å². The molecule has 0 aliphatic carbocycles. The lowest BCUT2D eigenvalue weighted by Gasteiger charge is -1.98. The highest BCUT2D eigenvalue weighted by molar-refractivity contribution is 7.19. The monoisotopic (exact) mass is 284 g/mol. The molecule has 0 unspecified atom stereocenters. The van der Waals surface area contributed by atoms with Gasteiger partial charge in [0.2, 0.25) is 0 Å². The van der Waals surface area contributed by atoms with Gasteiger partial charge in [-0.1, -0.05) is 72.3 Å². The zero-order chi connectivity index (χ0) is 13.2. The third-order valence-electron chi connectivity index (χ3n) is 3.15. The van der Waals surface area contributed by atoms with E-state index in [4.69, 9.17) is 11.6 Å². The predicted octanol–water partition coefficient (Wildman–Crippen LogP) is 6.04. The van der Waals surface area contributed by atoms with Crippen LogP contribution < -0.4 is 0 Å². The molecule has 2 heteroatoms. The van der Waals surface area contributed by atoms with E-state index in [0.717, 1.165) is 15.5 Å². The second-order valence-corrected chi connectivity index (χ2v) is 5.83. The van der Waals surface area contributed by atoms with Crippen molar-refractivity contribution in [2.75, 3.05) is 0 Å². The Kier molecular flexibility index (Phi) is 3.41. The van der Waals surface area contributed by atoms with E-state index in [1.54, 1.807) is 11.3 Å². The molecule has 0 spiro atoms. The fourth-order valence-electron chi connectivity index (χ4n) is 2.13. The number of halogens is 1. The average molecular weight is 285 g/mol. The number of hydrogen-bond acceptors (Lipinski definition) is 1. The van der Waals surface area contributed by atoms with Crippen LogP contribution in [0.4, 0.5) is 0 Å². The van der Waals surface area contributed by atoms with Crippen LogP contribution in [-0.2, 0) is 0 Å². The van der Waals surface area contributed by atoms with Crippen molar-refractivity contribution in [1.82, 2.24) is 0 Å². The van der Waals surface area contributed by atoms with Crippen molar-refractivity contribution >= 4 is 22.9 Å². The maximum absolute atomic E-state index is 6.51. The third-order valence-corrected chi connectivity index (χ3v) is 5.12. The van der Waals surface area contributed by atoms with Crippen molar-refractivity contribution in [1.29, 1.82) is 0 Å². The maximum Gasteiger partial charge on any atom is 0.0627 e. The molecule has 94 valence electrons. The highest BCUT2D eigenvalue weighted by Crippen LogP contribution is 2.44. The normalized spacial score (nSPS) is 10.6. The van der Waals surface area contributed by atoms with Gasteiger partial charge in [0.05, 0.1) is 9.90 Å². The fraction of sp³-hybridized carbons (Fsp3) is 0.0588. The van der Waals surface area contributed by atoms with Crippen LogP contribution >= 0.6 is 22.9 Å². The molecule has 0 nitrogen and oxygen atoms in total. The Labute approximate surface area is 122 Å². The standard InChI is InChI=1S/C17H13ClS/c1-12-15(18)17(14-10-6-3-7-11-14)19-16(12)13-8-4-2-5-9-13/h2-11H,1H3. The zero-order valence-corrected chi connectivity index (χ0v) is 12.1. The molecule has 0 aliphatic rings. The van der Waals surface area contributed by atoms with Crippen LogP contribution in [0.1, 0.15) is 5.56 Å². The van der Waals surface area contributed by atoms with E-state index in [0.29, 0.717) is 0 Å².